The van der Waals surface area contributed by atoms with Gasteiger partial charge in [0.2, 0.25) is 5.85 Å². The maximum absolute atomic E-state index is 13.1. The third-order valence-corrected chi connectivity index (χ3v) is 4.60. The van der Waals surface area contributed by atoms with Crippen molar-refractivity contribution >= 4 is 13.6 Å². The van der Waals surface area contributed by atoms with Crippen LogP contribution in [-0.4, -0.2) is 23.2 Å². The number of carbonyl (C=O) groups is 1. The third-order valence-electron chi connectivity index (χ3n) is 2.22. The number of hydrogen-bond acceptors (Lipinski definition) is 6. The van der Waals surface area contributed by atoms with Crippen LogP contribution in [0.4, 0.5) is 0 Å². The average molecular weight is 315 g/mol. The van der Waals surface area contributed by atoms with Crippen molar-refractivity contribution in [3.8, 4) is 0 Å². The molecule has 0 N–H and O–H groups in total. The van der Waals surface area contributed by atoms with E-state index in [2.05, 4.69) is 4.98 Å². The molecule has 0 amide bonds. The van der Waals surface area contributed by atoms with E-state index in [1.807, 2.05) is 0 Å². The molecule has 0 saturated heterocycles. The van der Waals surface area contributed by atoms with Crippen LogP contribution in [-0.2, 0) is 23.1 Å². The Morgan fingerprint density at radius 1 is 1.14 bits per heavy atom. The summed E-state index contributed by atoms with van der Waals surface area (Å²) >= 11 is 0. The molecular weight excluding hydrogens is 293 g/mol. The highest BCUT2D eigenvalue weighted by atomic mass is 31.2. The van der Waals surface area contributed by atoms with Gasteiger partial charge in [-0.3, -0.25) is 14.3 Å². The quantitative estimate of drug-likeness (QED) is 0.564. The second-order valence-corrected chi connectivity index (χ2v) is 7.03. The smallest absolute Gasteiger partial charge is 0.377 e. The van der Waals surface area contributed by atoms with Gasteiger partial charge < -0.3 is 13.8 Å². The number of esters is 1. The Hall–Kier alpha value is -1.23. The number of aromatic nitrogens is 1. The fourth-order valence-electron chi connectivity index (χ4n) is 1.69. The summed E-state index contributed by atoms with van der Waals surface area (Å²) in [5, 5.41) is 0. The van der Waals surface area contributed by atoms with E-state index in [4.69, 9.17) is 13.8 Å². The molecule has 118 valence electrons. The van der Waals surface area contributed by atoms with Crippen LogP contribution in [0.15, 0.2) is 24.4 Å². The van der Waals surface area contributed by atoms with Gasteiger partial charge in [-0.2, -0.15) is 0 Å². The normalized spacial score (nSPS) is 13.5. The van der Waals surface area contributed by atoms with E-state index in [1.165, 1.54) is 13.1 Å². The Kier molecular flexibility index (Phi) is 6.52. The molecule has 0 aliphatic rings. The predicted molar refractivity (Wildman–Crippen MR) is 78.8 cm³/mol. The van der Waals surface area contributed by atoms with Crippen LogP contribution in [0.2, 0.25) is 0 Å². The van der Waals surface area contributed by atoms with Crippen molar-refractivity contribution < 1.29 is 23.1 Å². The molecule has 0 bridgehead atoms. The Morgan fingerprint density at radius 3 is 2.10 bits per heavy atom. The zero-order chi connectivity index (χ0) is 16.0. The third kappa shape index (κ3) is 5.58. The van der Waals surface area contributed by atoms with Crippen LogP contribution < -0.4 is 0 Å². The van der Waals surface area contributed by atoms with E-state index in [1.54, 1.807) is 45.9 Å². The fraction of sp³-hybridized carbons (Fsp3) is 0.571. The SMILES string of the molecule is CC(=O)O[C@H](c1ccccn1)P(=O)(OC(C)C)OC(C)C. The summed E-state index contributed by atoms with van der Waals surface area (Å²) in [7, 11) is -3.72. The van der Waals surface area contributed by atoms with E-state index >= 15 is 0 Å². The molecule has 1 aromatic heterocycles. The summed E-state index contributed by atoms with van der Waals surface area (Å²) in [4.78, 5) is 15.5. The van der Waals surface area contributed by atoms with Crippen molar-refractivity contribution in [1.29, 1.82) is 0 Å². The van der Waals surface area contributed by atoms with Gasteiger partial charge >= 0.3 is 13.6 Å². The minimum Gasteiger partial charge on any atom is -0.443 e. The molecule has 0 fully saturated rings. The molecule has 1 aromatic rings. The first-order valence-electron chi connectivity index (χ1n) is 6.79. The number of carbonyl (C=O) groups excluding carboxylic acids is 1. The zero-order valence-electron chi connectivity index (χ0n) is 13.0. The Balaban J connectivity index is 3.23. The lowest BCUT2D eigenvalue weighted by atomic mass is 10.4. The van der Waals surface area contributed by atoms with Crippen LogP contribution in [0.25, 0.3) is 0 Å². The number of pyridine rings is 1. The molecule has 0 radical (unpaired) electrons. The maximum Gasteiger partial charge on any atom is 0.377 e. The van der Waals surface area contributed by atoms with Gasteiger partial charge in [-0.1, -0.05) is 6.07 Å². The lowest BCUT2D eigenvalue weighted by Crippen LogP contribution is -2.18. The second-order valence-electron chi connectivity index (χ2n) is 5.06. The average Bonchev–Trinajstić information content (AvgIpc) is 2.34. The van der Waals surface area contributed by atoms with Gasteiger partial charge in [0.1, 0.15) is 0 Å². The van der Waals surface area contributed by atoms with Crippen LogP contribution >= 0.6 is 7.60 Å². The number of rotatable bonds is 7. The minimum absolute atomic E-state index is 0.331. The van der Waals surface area contributed by atoms with Gasteiger partial charge in [-0.25, -0.2) is 0 Å². The lowest BCUT2D eigenvalue weighted by Gasteiger charge is -2.28. The van der Waals surface area contributed by atoms with E-state index in [0.29, 0.717) is 5.69 Å². The van der Waals surface area contributed by atoms with Crippen LogP contribution in [0.3, 0.4) is 0 Å². The number of nitrogens with zero attached hydrogens (tertiary/aromatic N) is 1. The fourth-order valence-corrected chi connectivity index (χ4v) is 3.89. The molecule has 0 unspecified atom stereocenters. The highest BCUT2D eigenvalue weighted by molar-refractivity contribution is 7.54. The Bertz CT molecular complexity index is 489. The molecule has 6 nitrogen and oxygen atoms in total. The second kappa shape index (κ2) is 7.69. The minimum atomic E-state index is -3.72. The molecule has 1 atom stereocenters. The standard InChI is InChI=1S/C14H22NO5P/c1-10(2)19-21(17,20-11(3)4)14(18-12(5)16)13-8-6-7-9-15-13/h6-11,14H,1-5H3/t14-/m0/s1. The molecule has 0 aromatic carbocycles. The van der Waals surface area contributed by atoms with Gasteiger partial charge in [0.15, 0.2) is 0 Å². The van der Waals surface area contributed by atoms with Gasteiger partial charge in [0, 0.05) is 13.1 Å². The maximum atomic E-state index is 13.1. The molecule has 0 spiro atoms. The zero-order valence-corrected chi connectivity index (χ0v) is 13.9. The van der Waals surface area contributed by atoms with Crippen molar-refractivity contribution in [2.24, 2.45) is 0 Å². The van der Waals surface area contributed by atoms with Crippen LogP contribution in [0.5, 0.6) is 0 Å². The molecular formula is C14H22NO5P. The predicted octanol–water partition coefficient (Wildman–Crippen LogP) is 3.69. The molecule has 1 heterocycles. The topological polar surface area (TPSA) is 74.7 Å². The van der Waals surface area contributed by atoms with E-state index in [0.717, 1.165) is 0 Å². The van der Waals surface area contributed by atoms with Gasteiger partial charge in [0.05, 0.1) is 17.9 Å². The van der Waals surface area contributed by atoms with Crippen LogP contribution in [0, 0.1) is 0 Å². The Morgan fingerprint density at radius 2 is 1.71 bits per heavy atom. The van der Waals surface area contributed by atoms with Gasteiger partial charge in [0.25, 0.3) is 0 Å². The van der Waals surface area contributed by atoms with Crippen molar-refractivity contribution in [2.75, 3.05) is 0 Å². The lowest BCUT2D eigenvalue weighted by molar-refractivity contribution is -0.144. The number of ether oxygens (including phenoxy) is 1. The molecule has 0 aliphatic carbocycles. The van der Waals surface area contributed by atoms with Crippen molar-refractivity contribution in [2.45, 2.75) is 52.7 Å². The van der Waals surface area contributed by atoms with Crippen molar-refractivity contribution in [3.63, 3.8) is 0 Å². The van der Waals surface area contributed by atoms with Gasteiger partial charge in [-0.05, 0) is 39.8 Å². The highest BCUT2D eigenvalue weighted by Gasteiger charge is 2.42. The molecule has 0 saturated carbocycles. The van der Waals surface area contributed by atoms with Gasteiger partial charge in [-0.15, -0.1) is 0 Å². The first-order chi connectivity index (χ1) is 9.74. The summed E-state index contributed by atoms with van der Waals surface area (Å²) in [5.74, 6) is -1.76. The first kappa shape index (κ1) is 17.8. The Labute approximate surface area is 125 Å². The van der Waals surface area contributed by atoms with Crippen LogP contribution in [0.1, 0.15) is 46.2 Å². The monoisotopic (exact) mass is 315 g/mol. The summed E-state index contributed by atoms with van der Waals surface area (Å²) in [5.41, 5.74) is 0.331. The summed E-state index contributed by atoms with van der Waals surface area (Å²) in [6.45, 7) is 8.18. The molecule has 0 aliphatic heterocycles. The largest absolute Gasteiger partial charge is 0.443 e. The summed E-state index contributed by atoms with van der Waals surface area (Å²) in [6, 6.07) is 5.05. The molecule has 7 heteroatoms. The highest BCUT2D eigenvalue weighted by Crippen LogP contribution is 2.62. The van der Waals surface area contributed by atoms with E-state index in [-0.39, 0.29) is 12.2 Å². The number of hydrogen-bond donors (Lipinski definition) is 0. The summed E-state index contributed by atoms with van der Waals surface area (Å²) < 4.78 is 29.3. The van der Waals surface area contributed by atoms with Crippen molar-refractivity contribution in [1.82, 2.24) is 4.98 Å². The molecule has 21 heavy (non-hydrogen) atoms. The van der Waals surface area contributed by atoms with E-state index in [9.17, 15) is 9.36 Å². The summed E-state index contributed by atoms with van der Waals surface area (Å²) in [6.07, 6.45) is 0.827. The van der Waals surface area contributed by atoms with Crippen molar-refractivity contribution in [3.05, 3.63) is 30.1 Å². The first-order valence-corrected chi connectivity index (χ1v) is 8.40. The van der Waals surface area contributed by atoms with E-state index < -0.39 is 19.4 Å². The molecule has 1 rings (SSSR count).